The molecule has 1 aromatic rings. The molecule has 0 spiro atoms. The lowest BCUT2D eigenvalue weighted by Crippen LogP contribution is -2.05. The predicted molar refractivity (Wildman–Crippen MR) is 61.4 cm³/mol. The van der Waals surface area contributed by atoms with E-state index in [2.05, 4.69) is 20.9 Å². The molecule has 1 heterocycles. The average Bonchev–Trinajstić information content (AvgIpc) is 2.12. The van der Waals surface area contributed by atoms with E-state index < -0.39 is 9.84 Å². The maximum absolute atomic E-state index is 11.3. The van der Waals surface area contributed by atoms with Gasteiger partial charge in [-0.05, 0) is 18.6 Å². The van der Waals surface area contributed by atoms with Crippen molar-refractivity contribution in [1.29, 1.82) is 0 Å². The van der Waals surface area contributed by atoms with Crippen LogP contribution in [0.25, 0.3) is 0 Å². The van der Waals surface area contributed by atoms with Crippen LogP contribution in [0.1, 0.15) is 5.56 Å². The quantitative estimate of drug-likeness (QED) is 0.791. The van der Waals surface area contributed by atoms with Crippen LogP contribution in [-0.2, 0) is 9.84 Å². The van der Waals surface area contributed by atoms with Gasteiger partial charge in [-0.3, -0.25) is 0 Å². The number of ether oxygens (including phenoxy) is 1. The first-order valence-electron chi connectivity index (χ1n) is 4.30. The van der Waals surface area contributed by atoms with Gasteiger partial charge in [0.15, 0.2) is 14.9 Å². The van der Waals surface area contributed by atoms with E-state index in [1.54, 1.807) is 13.0 Å². The molecule has 0 N–H and O–H groups in total. The van der Waals surface area contributed by atoms with Gasteiger partial charge < -0.3 is 4.74 Å². The summed E-state index contributed by atoms with van der Waals surface area (Å²) < 4.78 is 27.8. The van der Waals surface area contributed by atoms with E-state index in [1.807, 2.05) is 0 Å². The number of hydrogen-bond donors (Lipinski definition) is 0. The van der Waals surface area contributed by atoms with Gasteiger partial charge in [-0.1, -0.05) is 15.9 Å². The highest BCUT2D eigenvalue weighted by molar-refractivity contribution is 9.09. The van der Waals surface area contributed by atoms with Crippen LogP contribution >= 0.6 is 15.9 Å². The van der Waals surface area contributed by atoms with E-state index in [0.717, 1.165) is 11.6 Å². The minimum absolute atomic E-state index is 0.105. The van der Waals surface area contributed by atoms with Gasteiger partial charge >= 0.3 is 0 Å². The standard InChI is InChI=1S/C9H12BrNO3S/c1-7-5-8(14-4-3-10)6-11-9(7)15(2,12)13/h5-6H,3-4H2,1-2H3. The second kappa shape index (κ2) is 4.94. The van der Waals surface area contributed by atoms with Crippen LogP contribution in [0.2, 0.25) is 0 Å². The number of nitrogens with zero attached hydrogens (tertiary/aromatic N) is 1. The van der Waals surface area contributed by atoms with Crippen molar-refractivity contribution in [3.05, 3.63) is 17.8 Å². The fourth-order valence-electron chi connectivity index (χ4n) is 1.16. The van der Waals surface area contributed by atoms with Crippen molar-refractivity contribution in [2.75, 3.05) is 18.2 Å². The molecule has 0 saturated heterocycles. The van der Waals surface area contributed by atoms with Crippen molar-refractivity contribution in [2.24, 2.45) is 0 Å². The molecule has 1 aromatic heterocycles. The minimum Gasteiger partial charge on any atom is -0.491 e. The first-order chi connectivity index (χ1) is 6.95. The molecule has 0 unspecified atom stereocenters. The van der Waals surface area contributed by atoms with E-state index in [1.165, 1.54) is 6.20 Å². The van der Waals surface area contributed by atoms with Gasteiger partial charge in [-0.15, -0.1) is 0 Å². The Morgan fingerprint density at radius 2 is 2.20 bits per heavy atom. The third kappa shape index (κ3) is 3.46. The molecule has 0 aliphatic heterocycles. The van der Waals surface area contributed by atoms with E-state index in [0.29, 0.717) is 17.9 Å². The third-order valence-electron chi connectivity index (χ3n) is 1.70. The van der Waals surface area contributed by atoms with Crippen LogP contribution < -0.4 is 4.74 Å². The molecule has 0 bridgehead atoms. The molecule has 0 aromatic carbocycles. The fourth-order valence-corrected chi connectivity index (χ4v) is 2.21. The Labute approximate surface area is 97.7 Å². The van der Waals surface area contributed by atoms with Gasteiger partial charge in [-0.25, -0.2) is 13.4 Å². The summed E-state index contributed by atoms with van der Waals surface area (Å²) in [5, 5.41) is 0.827. The number of hydrogen-bond acceptors (Lipinski definition) is 4. The Balaban J connectivity index is 2.99. The van der Waals surface area contributed by atoms with E-state index in [-0.39, 0.29) is 5.03 Å². The molecule has 15 heavy (non-hydrogen) atoms. The smallest absolute Gasteiger partial charge is 0.193 e. The highest BCUT2D eigenvalue weighted by Gasteiger charge is 2.12. The Kier molecular flexibility index (Phi) is 4.10. The summed E-state index contributed by atoms with van der Waals surface area (Å²) in [5.41, 5.74) is 0.601. The SMILES string of the molecule is Cc1cc(OCCBr)cnc1S(C)(=O)=O. The van der Waals surface area contributed by atoms with Gasteiger partial charge in [0, 0.05) is 11.6 Å². The molecule has 0 aliphatic rings. The summed E-state index contributed by atoms with van der Waals surface area (Å²) in [6.07, 6.45) is 2.56. The van der Waals surface area contributed by atoms with Crippen LogP contribution in [0, 0.1) is 6.92 Å². The lowest BCUT2D eigenvalue weighted by atomic mass is 10.3. The lowest BCUT2D eigenvalue weighted by Gasteiger charge is -2.06. The van der Waals surface area contributed by atoms with Crippen LogP contribution in [-0.4, -0.2) is 31.6 Å². The second-order valence-corrected chi connectivity index (χ2v) is 5.83. The molecule has 0 amide bonds. The van der Waals surface area contributed by atoms with Gasteiger partial charge in [0.25, 0.3) is 0 Å². The van der Waals surface area contributed by atoms with E-state index >= 15 is 0 Å². The number of halogens is 1. The maximum Gasteiger partial charge on any atom is 0.193 e. The highest BCUT2D eigenvalue weighted by atomic mass is 79.9. The Bertz CT molecular complexity index is 445. The van der Waals surface area contributed by atoms with Crippen LogP contribution in [0.3, 0.4) is 0 Å². The summed E-state index contributed by atoms with van der Waals surface area (Å²) in [7, 11) is -3.25. The zero-order chi connectivity index (χ0) is 11.5. The fraction of sp³-hybridized carbons (Fsp3) is 0.444. The topological polar surface area (TPSA) is 56.3 Å². The van der Waals surface area contributed by atoms with Gasteiger partial charge in [0.1, 0.15) is 5.75 Å². The molecule has 0 atom stereocenters. The number of aryl methyl sites for hydroxylation is 1. The van der Waals surface area contributed by atoms with E-state index in [4.69, 9.17) is 4.74 Å². The largest absolute Gasteiger partial charge is 0.491 e. The van der Waals surface area contributed by atoms with Crippen molar-refractivity contribution in [1.82, 2.24) is 4.98 Å². The van der Waals surface area contributed by atoms with Crippen molar-refractivity contribution in [3.63, 3.8) is 0 Å². The van der Waals surface area contributed by atoms with Gasteiger partial charge in [-0.2, -0.15) is 0 Å². The number of sulfone groups is 1. The summed E-state index contributed by atoms with van der Waals surface area (Å²) >= 11 is 3.23. The Morgan fingerprint density at radius 1 is 1.53 bits per heavy atom. The van der Waals surface area contributed by atoms with E-state index in [9.17, 15) is 8.42 Å². The monoisotopic (exact) mass is 293 g/mol. The predicted octanol–water partition coefficient (Wildman–Crippen LogP) is 1.57. The molecule has 0 fully saturated rings. The molecule has 1 rings (SSSR count). The molecule has 0 saturated carbocycles. The molecule has 0 aliphatic carbocycles. The Morgan fingerprint density at radius 3 is 2.67 bits per heavy atom. The van der Waals surface area contributed by atoms with Crippen LogP contribution in [0.5, 0.6) is 5.75 Å². The normalized spacial score (nSPS) is 11.4. The zero-order valence-electron chi connectivity index (χ0n) is 8.53. The van der Waals surface area contributed by atoms with Gasteiger partial charge in [0.05, 0.1) is 12.8 Å². The summed E-state index contributed by atoms with van der Waals surface area (Å²) in [6, 6.07) is 1.67. The van der Waals surface area contributed by atoms with Crippen molar-refractivity contribution >= 4 is 25.8 Å². The number of aromatic nitrogens is 1. The molecular weight excluding hydrogens is 282 g/mol. The number of alkyl halides is 1. The molecule has 4 nitrogen and oxygen atoms in total. The minimum atomic E-state index is -3.25. The first kappa shape index (κ1) is 12.4. The summed E-state index contributed by atoms with van der Waals surface area (Å²) in [5.74, 6) is 0.583. The molecule has 84 valence electrons. The van der Waals surface area contributed by atoms with Crippen LogP contribution in [0.15, 0.2) is 17.3 Å². The third-order valence-corrected chi connectivity index (χ3v) is 3.16. The van der Waals surface area contributed by atoms with Crippen molar-refractivity contribution < 1.29 is 13.2 Å². The van der Waals surface area contributed by atoms with Crippen molar-refractivity contribution in [3.8, 4) is 5.75 Å². The Hall–Kier alpha value is -0.620. The number of rotatable bonds is 4. The maximum atomic E-state index is 11.3. The first-order valence-corrected chi connectivity index (χ1v) is 7.32. The van der Waals surface area contributed by atoms with Crippen molar-refractivity contribution in [2.45, 2.75) is 11.9 Å². The molecule has 0 radical (unpaired) electrons. The summed E-state index contributed by atoms with van der Waals surface area (Å²) in [4.78, 5) is 3.87. The average molecular weight is 294 g/mol. The zero-order valence-corrected chi connectivity index (χ0v) is 10.9. The highest BCUT2D eigenvalue weighted by Crippen LogP contribution is 2.17. The molecule has 6 heteroatoms. The summed E-state index contributed by atoms with van der Waals surface area (Å²) in [6.45, 7) is 2.23. The van der Waals surface area contributed by atoms with Gasteiger partial charge in [0.2, 0.25) is 0 Å². The molecular formula is C9H12BrNO3S. The lowest BCUT2D eigenvalue weighted by molar-refractivity contribution is 0.342. The number of pyridine rings is 1. The second-order valence-electron chi connectivity index (χ2n) is 3.10. The van der Waals surface area contributed by atoms with Crippen LogP contribution in [0.4, 0.5) is 0 Å².